The molecule has 0 atom stereocenters. The first-order valence-corrected chi connectivity index (χ1v) is 9.55. The summed E-state index contributed by atoms with van der Waals surface area (Å²) in [5.41, 5.74) is 6.95. The van der Waals surface area contributed by atoms with Gasteiger partial charge in [0.15, 0.2) is 0 Å². The molecule has 0 saturated carbocycles. The number of amides is 1. The largest absolute Gasteiger partial charge is 0.416 e. The molecule has 0 fully saturated rings. The van der Waals surface area contributed by atoms with Crippen LogP contribution in [0.25, 0.3) is 5.70 Å². The van der Waals surface area contributed by atoms with Gasteiger partial charge in [0.25, 0.3) is 0 Å². The molecule has 0 aliphatic carbocycles. The predicted octanol–water partition coefficient (Wildman–Crippen LogP) is 3.90. The van der Waals surface area contributed by atoms with Crippen LogP contribution in [0.15, 0.2) is 59.7 Å². The molecular weight excluding hydrogens is 421 g/mol. The van der Waals surface area contributed by atoms with Crippen LogP contribution in [-0.4, -0.2) is 49.7 Å². The highest BCUT2D eigenvalue weighted by Gasteiger charge is 2.30. The highest BCUT2D eigenvalue weighted by atomic mass is 19.4. The SMILES string of the molecule is CN=CC=C(N)c1cc(NC(=O)/C=C/CN(C)C)ccc1Nc1cc(C(F)(F)F)ccn1. The van der Waals surface area contributed by atoms with Gasteiger partial charge in [0, 0.05) is 54.7 Å². The molecule has 32 heavy (non-hydrogen) atoms. The molecule has 0 spiro atoms. The van der Waals surface area contributed by atoms with Gasteiger partial charge in [0.1, 0.15) is 5.82 Å². The van der Waals surface area contributed by atoms with E-state index in [1.807, 2.05) is 19.0 Å². The van der Waals surface area contributed by atoms with Gasteiger partial charge < -0.3 is 21.3 Å². The number of pyridine rings is 1. The number of carbonyl (C=O) groups is 1. The van der Waals surface area contributed by atoms with Gasteiger partial charge in [-0.15, -0.1) is 0 Å². The maximum Gasteiger partial charge on any atom is 0.416 e. The molecular formula is C22H25F3N6O. The fourth-order valence-electron chi connectivity index (χ4n) is 2.58. The number of rotatable bonds is 8. The molecule has 1 aromatic heterocycles. The quantitative estimate of drug-likeness (QED) is 0.422. The Hall–Kier alpha value is -3.66. The Bertz CT molecular complexity index is 1030. The first-order chi connectivity index (χ1) is 15.1. The zero-order chi connectivity index (χ0) is 23.7. The average Bonchev–Trinajstić information content (AvgIpc) is 2.72. The number of aromatic nitrogens is 1. The van der Waals surface area contributed by atoms with Crippen molar-refractivity contribution in [2.75, 3.05) is 38.3 Å². The highest BCUT2D eigenvalue weighted by molar-refractivity contribution is 6.00. The Morgan fingerprint density at radius 2 is 2.00 bits per heavy atom. The van der Waals surface area contributed by atoms with E-state index in [1.165, 1.54) is 12.3 Å². The van der Waals surface area contributed by atoms with E-state index in [0.29, 0.717) is 29.2 Å². The van der Waals surface area contributed by atoms with Crippen LogP contribution in [0.1, 0.15) is 11.1 Å². The van der Waals surface area contributed by atoms with Gasteiger partial charge in [-0.05, 0) is 50.5 Å². The number of allylic oxidation sites excluding steroid dienone is 1. The second-order valence-corrected chi connectivity index (χ2v) is 7.00. The fourth-order valence-corrected chi connectivity index (χ4v) is 2.58. The van der Waals surface area contributed by atoms with Crippen LogP contribution >= 0.6 is 0 Å². The van der Waals surface area contributed by atoms with E-state index >= 15 is 0 Å². The van der Waals surface area contributed by atoms with E-state index in [1.54, 1.807) is 37.4 Å². The molecule has 7 nitrogen and oxygen atoms in total. The maximum absolute atomic E-state index is 13.0. The lowest BCUT2D eigenvalue weighted by Crippen LogP contribution is -2.13. The number of hydrogen-bond acceptors (Lipinski definition) is 6. The summed E-state index contributed by atoms with van der Waals surface area (Å²) in [6.45, 7) is 0.609. The summed E-state index contributed by atoms with van der Waals surface area (Å²) in [5, 5.41) is 5.60. The average molecular weight is 446 g/mol. The first kappa shape index (κ1) is 24.6. The van der Waals surface area contributed by atoms with Gasteiger partial charge in [0.05, 0.1) is 5.56 Å². The molecule has 0 saturated heterocycles. The van der Waals surface area contributed by atoms with Crippen molar-refractivity contribution in [2.45, 2.75) is 6.18 Å². The minimum absolute atomic E-state index is 0.00133. The smallest absolute Gasteiger partial charge is 0.398 e. The number of carbonyl (C=O) groups excluding carboxylic acids is 1. The Balaban J connectivity index is 2.35. The number of hydrogen-bond donors (Lipinski definition) is 3. The molecule has 1 aromatic carbocycles. The molecule has 1 heterocycles. The van der Waals surface area contributed by atoms with Gasteiger partial charge in [0.2, 0.25) is 5.91 Å². The molecule has 2 rings (SSSR count). The molecule has 0 aliphatic rings. The van der Waals surface area contributed by atoms with Crippen LogP contribution in [0.2, 0.25) is 0 Å². The van der Waals surface area contributed by atoms with Crippen LogP contribution in [0.3, 0.4) is 0 Å². The third-order valence-electron chi connectivity index (χ3n) is 4.09. The van der Waals surface area contributed by atoms with E-state index < -0.39 is 11.7 Å². The van der Waals surface area contributed by atoms with Crippen molar-refractivity contribution in [1.29, 1.82) is 0 Å². The van der Waals surface area contributed by atoms with Crippen molar-refractivity contribution in [3.8, 4) is 0 Å². The number of alkyl halides is 3. The topological polar surface area (TPSA) is 95.6 Å². The summed E-state index contributed by atoms with van der Waals surface area (Å²) >= 11 is 0. The number of nitrogens with one attached hydrogen (secondary N) is 2. The first-order valence-electron chi connectivity index (χ1n) is 9.55. The standard InChI is InChI=1S/C22H25F3N6O/c1-27-10-9-18(26)17-14-16(29-21(32)5-4-12-31(2)3)6-7-19(17)30-20-13-15(8-11-28-20)22(23,24)25/h4-11,13-14H,12,26H2,1-3H3,(H,28,30)(H,29,32)/b5-4+,18-9?,27-10?. The summed E-state index contributed by atoms with van der Waals surface area (Å²) in [5.74, 6) is -0.322. The molecule has 2 aromatic rings. The lowest BCUT2D eigenvalue weighted by Gasteiger charge is -2.15. The van der Waals surface area contributed by atoms with Crippen molar-refractivity contribution in [3.05, 3.63) is 65.9 Å². The van der Waals surface area contributed by atoms with Crippen LogP contribution in [0.5, 0.6) is 0 Å². The van der Waals surface area contributed by atoms with Crippen LogP contribution in [0.4, 0.5) is 30.4 Å². The molecule has 0 unspecified atom stereocenters. The molecule has 0 radical (unpaired) electrons. The van der Waals surface area contributed by atoms with E-state index in [4.69, 9.17) is 5.73 Å². The minimum atomic E-state index is -4.49. The minimum Gasteiger partial charge on any atom is -0.398 e. The molecule has 10 heteroatoms. The molecule has 4 N–H and O–H groups in total. The highest BCUT2D eigenvalue weighted by Crippen LogP contribution is 2.32. The maximum atomic E-state index is 13.0. The number of benzene rings is 1. The van der Waals surface area contributed by atoms with Gasteiger partial charge in [-0.1, -0.05) is 6.08 Å². The molecule has 0 aliphatic heterocycles. The molecule has 0 bridgehead atoms. The van der Waals surface area contributed by atoms with E-state index in [0.717, 1.165) is 18.3 Å². The van der Waals surface area contributed by atoms with Crippen LogP contribution < -0.4 is 16.4 Å². The predicted molar refractivity (Wildman–Crippen MR) is 122 cm³/mol. The van der Waals surface area contributed by atoms with Crippen molar-refractivity contribution in [1.82, 2.24) is 9.88 Å². The summed E-state index contributed by atoms with van der Waals surface area (Å²) in [7, 11) is 5.34. The van der Waals surface area contributed by atoms with E-state index in [-0.39, 0.29) is 11.7 Å². The second-order valence-electron chi connectivity index (χ2n) is 7.00. The zero-order valence-corrected chi connectivity index (χ0v) is 17.9. The third-order valence-corrected chi connectivity index (χ3v) is 4.09. The van der Waals surface area contributed by atoms with Crippen molar-refractivity contribution in [3.63, 3.8) is 0 Å². The lowest BCUT2D eigenvalue weighted by atomic mass is 10.1. The monoisotopic (exact) mass is 446 g/mol. The third kappa shape index (κ3) is 7.55. The number of likely N-dealkylation sites (N-methyl/N-ethyl adjacent to an activating group) is 1. The van der Waals surface area contributed by atoms with Crippen molar-refractivity contribution < 1.29 is 18.0 Å². The zero-order valence-electron chi connectivity index (χ0n) is 17.9. The Labute approximate surface area is 184 Å². The Morgan fingerprint density at radius 1 is 1.25 bits per heavy atom. The normalized spacial score (nSPS) is 12.7. The van der Waals surface area contributed by atoms with Gasteiger partial charge >= 0.3 is 6.18 Å². The number of aliphatic imine (C=N–C) groups is 1. The van der Waals surface area contributed by atoms with Crippen molar-refractivity contribution in [2.24, 2.45) is 10.7 Å². The number of nitrogens with two attached hydrogens (primary N) is 1. The molecule has 170 valence electrons. The van der Waals surface area contributed by atoms with Crippen molar-refractivity contribution >= 4 is 35.0 Å². The molecule has 1 amide bonds. The number of anilines is 3. The summed E-state index contributed by atoms with van der Waals surface area (Å²) in [4.78, 5) is 21.8. The summed E-state index contributed by atoms with van der Waals surface area (Å²) < 4.78 is 39.0. The Kier molecular flexibility index (Phi) is 8.54. The fraction of sp³-hybridized carbons (Fsp3) is 0.227. The van der Waals surface area contributed by atoms with Gasteiger partial charge in [-0.25, -0.2) is 4.98 Å². The van der Waals surface area contributed by atoms with Crippen LogP contribution in [-0.2, 0) is 11.0 Å². The van der Waals surface area contributed by atoms with Gasteiger partial charge in [-0.3, -0.25) is 9.79 Å². The van der Waals surface area contributed by atoms with Crippen LogP contribution in [0, 0.1) is 0 Å². The summed E-state index contributed by atoms with van der Waals surface area (Å²) in [6, 6.07) is 6.62. The van der Waals surface area contributed by atoms with E-state index in [9.17, 15) is 18.0 Å². The number of nitrogens with zero attached hydrogens (tertiary/aromatic N) is 3. The number of halogens is 3. The lowest BCUT2D eigenvalue weighted by molar-refractivity contribution is -0.137. The Morgan fingerprint density at radius 3 is 2.66 bits per heavy atom. The second kappa shape index (κ2) is 11.1. The summed E-state index contributed by atoms with van der Waals surface area (Å²) in [6.07, 6.45) is 2.74. The van der Waals surface area contributed by atoms with Gasteiger partial charge in [-0.2, -0.15) is 13.2 Å². The van der Waals surface area contributed by atoms with E-state index in [2.05, 4.69) is 20.6 Å².